The monoisotopic (exact) mass is 116 g/mol. The summed E-state index contributed by atoms with van der Waals surface area (Å²) in [4.78, 5) is 0. The molecule has 0 aromatic rings. The van der Waals surface area contributed by atoms with Gasteiger partial charge in [0.25, 0.3) is 0 Å². The minimum Gasteiger partial charge on any atom is -0.349 e. The summed E-state index contributed by atoms with van der Waals surface area (Å²) in [5.41, 5.74) is 0. The number of ether oxygens (including phenoxy) is 1. The molecule has 0 aromatic heterocycles. The molecule has 1 aliphatic rings. The maximum absolute atomic E-state index is 5.06. The summed E-state index contributed by atoms with van der Waals surface area (Å²) in [5, 5.41) is 0. The fourth-order valence-corrected chi connectivity index (χ4v) is 1.27. The minimum absolute atomic E-state index is 0.938. The normalized spacial score (nSPS) is 24.0. The van der Waals surface area contributed by atoms with E-state index in [4.69, 9.17) is 4.74 Å². The molecule has 0 amide bonds. The van der Waals surface area contributed by atoms with Crippen LogP contribution in [0.3, 0.4) is 0 Å². The lowest BCUT2D eigenvalue weighted by Gasteiger charge is -1.87. The van der Waals surface area contributed by atoms with Gasteiger partial charge in [0, 0.05) is 0 Å². The van der Waals surface area contributed by atoms with Crippen LogP contribution in [-0.4, -0.2) is 18.8 Å². The van der Waals surface area contributed by atoms with E-state index in [9.17, 15) is 0 Å². The van der Waals surface area contributed by atoms with Crippen LogP contribution in [0.1, 0.15) is 12.8 Å². The van der Waals surface area contributed by atoms with Gasteiger partial charge in [-0.2, -0.15) is 0 Å². The Morgan fingerprint density at radius 1 is 1.43 bits per heavy atom. The Balaban J connectivity index is 2.20. The van der Waals surface area contributed by atoms with Crippen LogP contribution < -0.4 is 0 Å². The van der Waals surface area contributed by atoms with Gasteiger partial charge >= 0.3 is 0 Å². The predicted molar refractivity (Wildman–Crippen MR) is 33.0 cm³/mol. The van der Waals surface area contributed by atoms with Crippen molar-refractivity contribution in [1.29, 1.82) is 0 Å². The second kappa shape index (κ2) is 3.17. The van der Waals surface area contributed by atoms with Crippen LogP contribution in [0.2, 0.25) is 0 Å². The highest BCUT2D eigenvalue weighted by Gasteiger charge is 1.89. The lowest BCUT2D eigenvalue weighted by molar-refractivity contribution is 0.320. The molecule has 0 radical (unpaired) electrons. The zero-order chi connectivity index (χ0) is 4.95. The smallest absolute Gasteiger partial charge is 0.0613 e. The summed E-state index contributed by atoms with van der Waals surface area (Å²) in [7, 11) is 1.36. The minimum atomic E-state index is 0.938. The topological polar surface area (TPSA) is 9.23 Å². The molecule has 0 aromatic carbocycles. The maximum atomic E-state index is 5.06. The van der Waals surface area contributed by atoms with Crippen molar-refractivity contribution < 1.29 is 4.74 Å². The molecule has 0 spiro atoms. The first-order valence-corrected chi connectivity index (χ1v) is 3.75. The Hall–Kier alpha value is 0.130. The molecule has 1 heterocycles. The molecule has 0 fully saturated rings. The Kier molecular flexibility index (Phi) is 2.39. The fourth-order valence-electron chi connectivity index (χ4n) is 0.547. The highest BCUT2D eigenvalue weighted by atomic mass is 31.1. The molecular weight excluding hydrogens is 107 g/mol. The van der Waals surface area contributed by atoms with E-state index in [2.05, 4.69) is 0 Å². The van der Waals surface area contributed by atoms with E-state index in [0.717, 1.165) is 6.61 Å². The Morgan fingerprint density at radius 3 is 3.43 bits per heavy atom. The van der Waals surface area contributed by atoms with E-state index in [-0.39, 0.29) is 0 Å². The zero-order valence-corrected chi connectivity index (χ0v) is 5.16. The highest BCUT2D eigenvalue weighted by Crippen LogP contribution is 2.04. The molecule has 2 heteroatoms. The van der Waals surface area contributed by atoms with E-state index in [1.807, 2.05) is 5.98 Å². The quantitative estimate of drug-likeness (QED) is 0.436. The van der Waals surface area contributed by atoms with E-state index < -0.39 is 0 Å². The lowest BCUT2D eigenvalue weighted by atomic mass is 10.4. The summed E-state index contributed by atoms with van der Waals surface area (Å²) >= 11 is 0. The summed E-state index contributed by atoms with van der Waals surface area (Å²) in [5.74, 6) is 1.90. The molecule has 0 bridgehead atoms. The molecule has 0 N–H and O–H groups in total. The van der Waals surface area contributed by atoms with E-state index in [1.165, 1.54) is 27.2 Å². The van der Waals surface area contributed by atoms with Crippen molar-refractivity contribution in [3.63, 3.8) is 0 Å². The number of hydrogen-bond donors (Lipinski definition) is 0. The maximum Gasteiger partial charge on any atom is 0.0613 e. The molecule has 0 atom stereocenters. The van der Waals surface area contributed by atoms with Crippen molar-refractivity contribution in [2.24, 2.45) is 0 Å². The zero-order valence-electron chi connectivity index (χ0n) is 4.26. The van der Waals surface area contributed by atoms with Crippen molar-refractivity contribution >= 4 is 14.2 Å². The molecule has 0 saturated heterocycles. The van der Waals surface area contributed by atoms with Crippen LogP contribution in [-0.2, 0) is 4.74 Å². The van der Waals surface area contributed by atoms with Gasteiger partial charge < -0.3 is 4.74 Å². The molecule has 1 nitrogen and oxygen atoms in total. The summed E-state index contributed by atoms with van der Waals surface area (Å²) in [6, 6.07) is 0. The largest absolute Gasteiger partial charge is 0.349 e. The third-order valence-corrected chi connectivity index (χ3v) is 1.82. The van der Waals surface area contributed by atoms with Crippen LogP contribution >= 0.6 is 8.20 Å². The van der Waals surface area contributed by atoms with E-state index in [0.29, 0.717) is 0 Å². The van der Waals surface area contributed by atoms with Gasteiger partial charge in [0.05, 0.1) is 12.6 Å². The first-order valence-electron chi connectivity index (χ1n) is 2.60. The van der Waals surface area contributed by atoms with Crippen LogP contribution in [0.4, 0.5) is 0 Å². The molecular formula is C5H9OP. The molecule has 40 valence electrons. The lowest BCUT2D eigenvalue weighted by Crippen LogP contribution is -1.85. The molecule has 1 aliphatic heterocycles. The summed E-state index contributed by atoms with van der Waals surface area (Å²) < 4.78 is 5.06. The van der Waals surface area contributed by atoms with Crippen molar-refractivity contribution in [2.45, 2.75) is 12.8 Å². The molecule has 0 aliphatic carbocycles. The van der Waals surface area contributed by atoms with Gasteiger partial charge in [0.1, 0.15) is 0 Å². The van der Waals surface area contributed by atoms with Crippen LogP contribution in [0.25, 0.3) is 0 Å². The number of rotatable bonds is 0. The first kappa shape index (κ1) is 5.27. The second-order valence-electron chi connectivity index (χ2n) is 1.59. The van der Waals surface area contributed by atoms with Gasteiger partial charge in [-0.1, -0.05) is 8.20 Å². The van der Waals surface area contributed by atoms with Crippen LogP contribution in [0.5, 0.6) is 0 Å². The van der Waals surface area contributed by atoms with Crippen molar-refractivity contribution in [3.8, 4) is 0 Å². The van der Waals surface area contributed by atoms with Crippen LogP contribution in [0.15, 0.2) is 0 Å². The summed E-state index contributed by atoms with van der Waals surface area (Å²) in [6.07, 6.45) is 3.86. The SMILES string of the molecule is C1=PCCCCO1. The van der Waals surface area contributed by atoms with Crippen LogP contribution in [0, 0.1) is 0 Å². The first-order chi connectivity index (χ1) is 3.50. The Bertz CT molecular complexity index is 62.5. The average molecular weight is 116 g/mol. The molecule has 0 unspecified atom stereocenters. The third-order valence-electron chi connectivity index (χ3n) is 0.948. The standard InChI is InChI=1S/C5H9OP/c1-2-4-7-5-6-3-1/h5H,1-4H2. The predicted octanol–water partition coefficient (Wildman–Crippen LogP) is 1.50. The fraction of sp³-hybridized carbons (Fsp3) is 0.800. The summed E-state index contributed by atoms with van der Waals surface area (Å²) in [6.45, 7) is 0.938. The average Bonchev–Trinajstić information content (AvgIpc) is 1.90. The van der Waals surface area contributed by atoms with Gasteiger partial charge in [0.2, 0.25) is 0 Å². The van der Waals surface area contributed by atoms with E-state index in [1.54, 1.807) is 0 Å². The molecule has 0 saturated carbocycles. The van der Waals surface area contributed by atoms with Gasteiger partial charge in [-0.25, -0.2) is 0 Å². The molecule has 1 rings (SSSR count). The van der Waals surface area contributed by atoms with Gasteiger partial charge in [-0.3, -0.25) is 0 Å². The van der Waals surface area contributed by atoms with Gasteiger partial charge in [0.15, 0.2) is 0 Å². The number of hydrogen-bond acceptors (Lipinski definition) is 1. The van der Waals surface area contributed by atoms with Crippen molar-refractivity contribution in [2.75, 3.05) is 12.8 Å². The van der Waals surface area contributed by atoms with Crippen molar-refractivity contribution in [1.82, 2.24) is 0 Å². The molecule has 7 heavy (non-hydrogen) atoms. The van der Waals surface area contributed by atoms with E-state index >= 15 is 0 Å². The highest BCUT2D eigenvalue weighted by molar-refractivity contribution is 7.37. The van der Waals surface area contributed by atoms with Gasteiger partial charge in [-0.05, 0) is 19.0 Å². The second-order valence-corrected chi connectivity index (χ2v) is 2.61. The Labute approximate surface area is 45.5 Å². The Morgan fingerprint density at radius 2 is 2.43 bits per heavy atom. The van der Waals surface area contributed by atoms with Crippen molar-refractivity contribution in [3.05, 3.63) is 0 Å². The van der Waals surface area contributed by atoms with Gasteiger partial charge in [-0.15, -0.1) is 0 Å². The third kappa shape index (κ3) is 2.06.